The van der Waals surface area contributed by atoms with Gasteiger partial charge in [0.25, 0.3) is 5.91 Å². The summed E-state index contributed by atoms with van der Waals surface area (Å²) in [5, 5.41) is 15.8. The topological polar surface area (TPSA) is 88.9 Å². The van der Waals surface area contributed by atoms with Crippen molar-refractivity contribution in [1.29, 1.82) is 0 Å². The first-order valence-electron chi connectivity index (χ1n) is 9.97. The summed E-state index contributed by atoms with van der Waals surface area (Å²) in [7, 11) is 0. The Kier molecular flexibility index (Phi) is 9.75. The molecule has 184 valence electrons. The van der Waals surface area contributed by atoms with Crippen LogP contribution in [-0.2, 0) is 11.3 Å². The zero-order valence-corrected chi connectivity index (χ0v) is 22.7. The molecule has 0 fully saturated rings. The molecule has 1 atom stereocenters. The summed E-state index contributed by atoms with van der Waals surface area (Å²) in [6.07, 6.45) is 1.66. The van der Waals surface area contributed by atoms with Gasteiger partial charge in [-0.05, 0) is 37.3 Å². The molecule has 13 heteroatoms. The maximum Gasteiger partial charge on any atom is 0.253 e. The predicted octanol–water partition coefficient (Wildman–Crippen LogP) is 6.95. The number of thioether (sulfide) groups is 1. The molecule has 0 saturated carbocycles. The van der Waals surface area contributed by atoms with Gasteiger partial charge in [0.15, 0.2) is 11.0 Å². The van der Waals surface area contributed by atoms with Gasteiger partial charge in [-0.25, -0.2) is 0 Å². The Bertz CT molecular complexity index is 1260. The van der Waals surface area contributed by atoms with Crippen molar-refractivity contribution in [2.24, 2.45) is 0 Å². The quantitative estimate of drug-likeness (QED) is 0.207. The van der Waals surface area contributed by atoms with Gasteiger partial charge in [0, 0.05) is 16.6 Å². The summed E-state index contributed by atoms with van der Waals surface area (Å²) in [5.41, 5.74) is 0.553. The van der Waals surface area contributed by atoms with E-state index in [1.165, 1.54) is 18.2 Å². The molecule has 3 rings (SSSR count). The monoisotopic (exact) mass is 591 g/mol. The van der Waals surface area contributed by atoms with Crippen LogP contribution in [0.15, 0.2) is 48.1 Å². The number of benzene rings is 2. The molecule has 2 amide bonds. The van der Waals surface area contributed by atoms with E-state index in [9.17, 15) is 9.59 Å². The fourth-order valence-corrected chi connectivity index (χ4v) is 5.17. The molecule has 0 aliphatic rings. The second kappa shape index (κ2) is 12.3. The molecular formula is C22H18Cl5N5O2S. The molecule has 2 aromatic carbocycles. The number of carbonyl (C=O) groups excluding carboxylic acids is 2. The summed E-state index contributed by atoms with van der Waals surface area (Å²) in [6, 6.07) is 7.07. The molecule has 1 unspecified atom stereocenters. The summed E-state index contributed by atoms with van der Waals surface area (Å²) in [5.74, 6) is -0.256. The number of nitrogens with one attached hydrogen (secondary N) is 2. The van der Waals surface area contributed by atoms with E-state index in [4.69, 9.17) is 58.0 Å². The second-order valence-corrected chi connectivity index (χ2v) is 10.2. The van der Waals surface area contributed by atoms with E-state index in [2.05, 4.69) is 27.4 Å². The maximum atomic E-state index is 12.7. The van der Waals surface area contributed by atoms with Crippen LogP contribution < -0.4 is 10.6 Å². The highest BCUT2D eigenvalue weighted by Crippen LogP contribution is 2.34. The lowest BCUT2D eigenvalue weighted by Gasteiger charge is -2.16. The number of nitrogens with zero attached hydrogens (tertiary/aromatic N) is 3. The van der Waals surface area contributed by atoms with Gasteiger partial charge < -0.3 is 15.2 Å². The van der Waals surface area contributed by atoms with Gasteiger partial charge in [-0.15, -0.1) is 16.8 Å². The zero-order valence-electron chi connectivity index (χ0n) is 18.1. The van der Waals surface area contributed by atoms with Crippen molar-refractivity contribution in [2.75, 3.05) is 11.1 Å². The smallest absolute Gasteiger partial charge is 0.253 e. The van der Waals surface area contributed by atoms with Crippen LogP contribution in [0, 0.1) is 0 Å². The minimum Gasteiger partial charge on any atom is -0.342 e. The highest BCUT2D eigenvalue weighted by Gasteiger charge is 2.22. The molecule has 0 radical (unpaired) electrons. The number of hydrogen-bond donors (Lipinski definition) is 2. The number of halogens is 5. The predicted molar refractivity (Wildman–Crippen MR) is 143 cm³/mol. The first kappa shape index (κ1) is 27.6. The minimum atomic E-state index is -0.517. The van der Waals surface area contributed by atoms with E-state index in [-0.39, 0.29) is 38.0 Å². The first-order chi connectivity index (χ1) is 16.6. The van der Waals surface area contributed by atoms with Crippen LogP contribution in [-0.4, -0.2) is 32.3 Å². The maximum absolute atomic E-state index is 12.7. The van der Waals surface area contributed by atoms with Crippen LogP contribution in [0.5, 0.6) is 0 Å². The van der Waals surface area contributed by atoms with E-state index in [1.807, 2.05) is 0 Å². The van der Waals surface area contributed by atoms with Crippen LogP contribution in [0.25, 0.3) is 0 Å². The van der Waals surface area contributed by atoms with Crippen molar-refractivity contribution in [3.8, 4) is 0 Å². The van der Waals surface area contributed by atoms with Crippen molar-refractivity contribution in [1.82, 2.24) is 20.1 Å². The van der Waals surface area contributed by atoms with Crippen molar-refractivity contribution in [2.45, 2.75) is 24.7 Å². The van der Waals surface area contributed by atoms with Crippen LogP contribution in [0.3, 0.4) is 0 Å². The standard InChI is InChI=1S/C22H18Cl5N5O2S/c1-3-6-32-20(11(2)28-21(34)14-5-4-12(23)7-15(14)25)30-31-22(32)35-10-18(33)29-19-16(26)8-13(24)9-17(19)27/h3-5,7-9,11H,1,6,10H2,2H3,(H,28,34)(H,29,33). The lowest BCUT2D eigenvalue weighted by Crippen LogP contribution is -2.29. The van der Waals surface area contributed by atoms with Gasteiger partial charge in [-0.2, -0.15) is 0 Å². The number of amides is 2. The molecule has 0 aliphatic heterocycles. The third kappa shape index (κ3) is 7.06. The Morgan fingerprint density at radius 1 is 1.06 bits per heavy atom. The van der Waals surface area contributed by atoms with Gasteiger partial charge in [-0.3, -0.25) is 9.59 Å². The van der Waals surface area contributed by atoms with Crippen LogP contribution in [0.2, 0.25) is 25.1 Å². The zero-order chi connectivity index (χ0) is 25.7. The second-order valence-electron chi connectivity index (χ2n) is 7.14. The van der Waals surface area contributed by atoms with E-state index in [1.54, 1.807) is 29.7 Å². The van der Waals surface area contributed by atoms with Crippen molar-refractivity contribution in [3.05, 3.63) is 79.5 Å². The van der Waals surface area contributed by atoms with Crippen LogP contribution >= 0.6 is 69.8 Å². The van der Waals surface area contributed by atoms with Gasteiger partial charge in [0.1, 0.15) is 0 Å². The molecular weight excluding hydrogens is 576 g/mol. The van der Waals surface area contributed by atoms with Crippen molar-refractivity contribution in [3.63, 3.8) is 0 Å². The lowest BCUT2D eigenvalue weighted by molar-refractivity contribution is -0.113. The van der Waals surface area contributed by atoms with Gasteiger partial charge >= 0.3 is 0 Å². The third-order valence-corrected chi connectivity index (χ3v) is 6.90. The molecule has 35 heavy (non-hydrogen) atoms. The Balaban J connectivity index is 1.70. The molecule has 2 N–H and O–H groups in total. The fourth-order valence-electron chi connectivity index (χ4n) is 3.01. The number of hydrogen-bond acceptors (Lipinski definition) is 5. The molecule has 3 aromatic rings. The Hall–Kier alpha value is -1.94. The first-order valence-corrected chi connectivity index (χ1v) is 12.8. The molecule has 7 nitrogen and oxygen atoms in total. The largest absolute Gasteiger partial charge is 0.342 e. The molecule has 0 bridgehead atoms. The lowest BCUT2D eigenvalue weighted by atomic mass is 10.2. The number of aromatic nitrogens is 3. The number of carbonyl (C=O) groups is 2. The van der Waals surface area contributed by atoms with E-state index >= 15 is 0 Å². The molecule has 1 heterocycles. The van der Waals surface area contributed by atoms with E-state index in [0.29, 0.717) is 27.6 Å². The number of allylic oxidation sites excluding steroid dienone is 1. The molecule has 0 spiro atoms. The van der Waals surface area contributed by atoms with Crippen molar-refractivity contribution >= 4 is 87.3 Å². The average Bonchev–Trinajstić information content (AvgIpc) is 3.17. The Morgan fingerprint density at radius 3 is 2.34 bits per heavy atom. The normalized spacial score (nSPS) is 11.7. The van der Waals surface area contributed by atoms with E-state index < -0.39 is 11.9 Å². The third-order valence-electron chi connectivity index (χ3n) is 4.57. The van der Waals surface area contributed by atoms with Gasteiger partial charge in [0.05, 0.1) is 38.1 Å². The van der Waals surface area contributed by atoms with Gasteiger partial charge in [-0.1, -0.05) is 75.8 Å². The summed E-state index contributed by atoms with van der Waals surface area (Å²) in [6.45, 7) is 5.89. The van der Waals surface area contributed by atoms with Crippen LogP contribution in [0.1, 0.15) is 29.1 Å². The molecule has 1 aromatic heterocycles. The van der Waals surface area contributed by atoms with E-state index in [0.717, 1.165) is 11.8 Å². The fraction of sp³-hybridized carbons (Fsp3) is 0.182. The minimum absolute atomic E-state index is 0.00564. The average molecular weight is 594 g/mol. The van der Waals surface area contributed by atoms with Gasteiger partial charge in [0.2, 0.25) is 5.91 Å². The number of rotatable bonds is 9. The molecule has 0 aliphatic carbocycles. The number of anilines is 1. The highest BCUT2D eigenvalue weighted by molar-refractivity contribution is 7.99. The summed E-state index contributed by atoms with van der Waals surface area (Å²) >= 11 is 31.4. The Labute approximate surface area is 231 Å². The molecule has 0 saturated heterocycles. The van der Waals surface area contributed by atoms with Crippen LogP contribution in [0.4, 0.5) is 5.69 Å². The highest BCUT2D eigenvalue weighted by atomic mass is 35.5. The van der Waals surface area contributed by atoms with Crippen molar-refractivity contribution < 1.29 is 9.59 Å². The summed E-state index contributed by atoms with van der Waals surface area (Å²) < 4.78 is 1.75. The Morgan fingerprint density at radius 2 is 1.71 bits per heavy atom. The summed E-state index contributed by atoms with van der Waals surface area (Å²) in [4.78, 5) is 25.2. The SMILES string of the molecule is C=CCn1c(SCC(=O)Nc2c(Cl)cc(Cl)cc2Cl)nnc1C(C)NC(=O)c1ccc(Cl)cc1Cl.